The van der Waals surface area contributed by atoms with Crippen LogP contribution in [0.25, 0.3) is 0 Å². The molecule has 0 saturated heterocycles. The normalized spacial score (nSPS) is 10.6. The molecule has 2 heterocycles. The van der Waals surface area contributed by atoms with Crippen LogP contribution in [0.1, 0.15) is 11.1 Å². The second kappa shape index (κ2) is 6.09. The molecule has 0 aliphatic rings. The predicted octanol–water partition coefficient (Wildman–Crippen LogP) is 1.39. The van der Waals surface area contributed by atoms with Gasteiger partial charge in [0.15, 0.2) is 0 Å². The van der Waals surface area contributed by atoms with E-state index in [4.69, 9.17) is 5.84 Å². The Hall–Kier alpha value is -1.98. The van der Waals surface area contributed by atoms with Crippen LogP contribution in [0.5, 0.6) is 0 Å². The Morgan fingerprint density at radius 3 is 2.67 bits per heavy atom. The van der Waals surface area contributed by atoms with Crippen LogP contribution in [0.4, 0.5) is 5.82 Å². The molecule has 0 fully saturated rings. The fraction of sp³-hybridized carbons (Fsp3) is 0.231. The number of hydrogen-bond acceptors (Lipinski definition) is 5. The molecule has 0 aromatic carbocycles. The zero-order valence-corrected chi connectivity index (χ0v) is 10.4. The van der Waals surface area contributed by atoms with E-state index < -0.39 is 0 Å². The molecule has 0 unspecified atom stereocenters. The highest BCUT2D eigenvalue weighted by molar-refractivity contribution is 5.42. The summed E-state index contributed by atoms with van der Waals surface area (Å²) in [4.78, 5) is 10.4. The molecule has 2 aromatic heterocycles. The minimum atomic E-state index is 0.721. The number of nitrogens with zero attached hydrogens (tertiary/aromatic N) is 3. The Kier molecular flexibility index (Phi) is 4.22. The Labute approximate surface area is 107 Å². The standard InChI is InChI=1S/C13H17N5/c1-18(9-11-4-7-15-8-5-11)10-12-3-2-6-16-13(12)17-14/h2-8H,9-10,14H2,1H3,(H,16,17). The minimum absolute atomic E-state index is 0.721. The molecule has 0 spiro atoms. The highest BCUT2D eigenvalue weighted by atomic mass is 15.3. The number of pyridine rings is 2. The van der Waals surface area contributed by atoms with E-state index in [1.807, 2.05) is 24.3 Å². The van der Waals surface area contributed by atoms with Gasteiger partial charge in [0.05, 0.1) is 0 Å². The van der Waals surface area contributed by atoms with Gasteiger partial charge in [0.25, 0.3) is 0 Å². The molecule has 3 N–H and O–H groups in total. The van der Waals surface area contributed by atoms with Crippen molar-refractivity contribution in [3.05, 3.63) is 54.0 Å². The summed E-state index contributed by atoms with van der Waals surface area (Å²) < 4.78 is 0. The van der Waals surface area contributed by atoms with E-state index in [1.165, 1.54) is 5.56 Å². The number of nitrogens with two attached hydrogens (primary N) is 1. The summed E-state index contributed by atoms with van der Waals surface area (Å²) in [5, 5.41) is 0. The van der Waals surface area contributed by atoms with Gasteiger partial charge < -0.3 is 5.43 Å². The smallest absolute Gasteiger partial charge is 0.144 e. The molecule has 0 aliphatic heterocycles. The van der Waals surface area contributed by atoms with Gasteiger partial charge in [0.2, 0.25) is 0 Å². The van der Waals surface area contributed by atoms with Gasteiger partial charge in [-0.25, -0.2) is 10.8 Å². The molecule has 0 amide bonds. The second-order valence-electron chi connectivity index (χ2n) is 4.18. The molecule has 2 rings (SSSR count). The summed E-state index contributed by atoms with van der Waals surface area (Å²) in [6.07, 6.45) is 5.34. The van der Waals surface area contributed by atoms with Crippen LogP contribution >= 0.6 is 0 Å². The largest absolute Gasteiger partial charge is 0.308 e. The summed E-state index contributed by atoms with van der Waals surface area (Å²) in [5.74, 6) is 6.16. The van der Waals surface area contributed by atoms with Gasteiger partial charge in [-0.3, -0.25) is 9.88 Å². The van der Waals surface area contributed by atoms with E-state index in [9.17, 15) is 0 Å². The molecule has 5 nitrogen and oxygen atoms in total. The van der Waals surface area contributed by atoms with Crippen molar-refractivity contribution in [2.24, 2.45) is 5.84 Å². The van der Waals surface area contributed by atoms with Gasteiger partial charge in [0.1, 0.15) is 5.82 Å². The molecule has 0 saturated carbocycles. The topological polar surface area (TPSA) is 67.1 Å². The van der Waals surface area contributed by atoms with Crippen molar-refractivity contribution in [3.8, 4) is 0 Å². The monoisotopic (exact) mass is 243 g/mol. The van der Waals surface area contributed by atoms with Crippen LogP contribution in [0.2, 0.25) is 0 Å². The average Bonchev–Trinajstić information content (AvgIpc) is 2.40. The average molecular weight is 243 g/mol. The van der Waals surface area contributed by atoms with Crippen molar-refractivity contribution in [1.29, 1.82) is 0 Å². The van der Waals surface area contributed by atoms with E-state index in [-0.39, 0.29) is 0 Å². The van der Waals surface area contributed by atoms with Gasteiger partial charge in [-0.05, 0) is 30.8 Å². The predicted molar refractivity (Wildman–Crippen MR) is 71.5 cm³/mol. The van der Waals surface area contributed by atoms with Gasteiger partial charge in [-0.15, -0.1) is 0 Å². The van der Waals surface area contributed by atoms with Gasteiger partial charge in [0, 0.05) is 37.2 Å². The van der Waals surface area contributed by atoms with Gasteiger partial charge >= 0.3 is 0 Å². The molecule has 0 radical (unpaired) electrons. The number of aromatic nitrogens is 2. The molecule has 0 aliphatic carbocycles. The summed E-state index contributed by atoms with van der Waals surface area (Å²) in [5.41, 5.74) is 4.93. The number of nitrogen functional groups attached to an aromatic ring is 1. The third-order valence-electron chi connectivity index (χ3n) is 2.67. The first kappa shape index (κ1) is 12.5. The summed E-state index contributed by atoms with van der Waals surface area (Å²) >= 11 is 0. The van der Waals surface area contributed by atoms with Crippen LogP contribution in [-0.2, 0) is 13.1 Å². The molecular weight excluding hydrogens is 226 g/mol. The first-order chi connectivity index (χ1) is 8.79. The number of anilines is 1. The molecule has 2 aromatic rings. The van der Waals surface area contributed by atoms with Crippen molar-refractivity contribution in [2.45, 2.75) is 13.1 Å². The Balaban J connectivity index is 2.01. The number of hydrazine groups is 1. The number of nitrogens with one attached hydrogen (secondary N) is 1. The zero-order valence-electron chi connectivity index (χ0n) is 10.4. The fourth-order valence-electron chi connectivity index (χ4n) is 1.84. The van der Waals surface area contributed by atoms with E-state index >= 15 is 0 Å². The SMILES string of the molecule is CN(Cc1ccncc1)Cc1cccnc1NN. The summed E-state index contributed by atoms with van der Waals surface area (Å²) in [7, 11) is 2.06. The molecule has 18 heavy (non-hydrogen) atoms. The number of rotatable bonds is 5. The fourth-order valence-corrected chi connectivity index (χ4v) is 1.84. The van der Waals surface area contributed by atoms with Crippen molar-refractivity contribution in [1.82, 2.24) is 14.9 Å². The highest BCUT2D eigenvalue weighted by Crippen LogP contribution is 2.13. The van der Waals surface area contributed by atoms with E-state index in [1.54, 1.807) is 18.6 Å². The Morgan fingerprint density at radius 2 is 1.94 bits per heavy atom. The van der Waals surface area contributed by atoms with E-state index in [2.05, 4.69) is 27.3 Å². The Bertz CT molecular complexity index is 486. The van der Waals surface area contributed by atoms with Gasteiger partial charge in [-0.2, -0.15) is 0 Å². The lowest BCUT2D eigenvalue weighted by Crippen LogP contribution is -2.19. The lowest BCUT2D eigenvalue weighted by atomic mass is 10.2. The first-order valence-electron chi connectivity index (χ1n) is 5.77. The molecule has 0 atom stereocenters. The summed E-state index contributed by atoms with van der Waals surface area (Å²) in [6, 6.07) is 7.96. The van der Waals surface area contributed by atoms with Crippen molar-refractivity contribution in [2.75, 3.05) is 12.5 Å². The maximum atomic E-state index is 5.44. The minimum Gasteiger partial charge on any atom is -0.308 e. The van der Waals surface area contributed by atoms with Crippen molar-refractivity contribution < 1.29 is 0 Å². The third-order valence-corrected chi connectivity index (χ3v) is 2.67. The third kappa shape index (κ3) is 3.26. The second-order valence-corrected chi connectivity index (χ2v) is 4.18. The van der Waals surface area contributed by atoms with Crippen LogP contribution in [0.15, 0.2) is 42.9 Å². The molecule has 94 valence electrons. The first-order valence-corrected chi connectivity index (χ1v) is 5.77. The Morgan fingerprint density at radius 1 is 1.17 bits per heavy atom. The maximum absolute atomic E-state index is 5.44. The zero-order chi connectivity index (χ0) is 12.8. The van der Waals surface area contributed by atoms with E-state index in [0.29, 0.717) is 0 Å². The van der Waals surface area contributed by atoms with Crippen molar-refractivity contribution in [3.63, 3.8) is 0 Å². The molecule has 5 heteroatoms. The van der Waals surface area contributed by atoms with Crippen LogP contribution in [0, 0.1) is 0 Å². The molecule has 0 bridgehead atoms. The number of hydrogen-bond donors (Lipinski definition) is 2. The van der Waals surface area contributed by atoms with Gasteiger partial charge in [-0.1, -0.05) is 6.07 Å². The quantitative estimate of drug-likeness (QED) is 0.613. The van der Waals surface area contributed by atoms with Crippen LogP contribution < -0.4 is 11.3 Å². The lowest BCUT2D eigenvalue weighted by Gasteiger charge is -2.18. The molecular formula is C13H17N5. The van der Waals surface area contributed by atoms with Crippen LogP contribution in [0.3, 0.4) is 0 Å². The highest BCUT2D eigenvalue weighted by Gasteiger charge is 2.06. The van der Waals surface area contributed by atoms with Crippen molar-refractivity contribution >= 4 is 5.82 Å². The summed E-state index contributed by atoms with van der Waals surface area (Å²) in [6.45, 7) is 1.65. The van der Waals surface area contributed by atoms with E-state index in [0.717, 1.165) is 24.5 Å². The maximum Gasteiger partial charge on any atom is 0.144 e. The lowest BCUT2D eigenvalue weighted by molar-refractivity contribution is 0.319. The van der Waals surface area contributed by atoms with Crippen LogP contribution in [-0.4, -0.2) is 21.9 Å².